The van der Waals surface area contributed by atoms with Crippen molar-refractivity contribution in [2.75, 3.05) is 5.32 Å². The number of nitriles is 1. The van der Waals surface area contributed by atoms with Gasteiger partial charge in [-0.15, -0.1) is 0 Å². The molecule has 122 valence electrons. The van der Waals surface area contributed by atoms with Crippen molar-refractivity contribution < 1.29 is 13.9 Å². The van der Waals surface area contributed by atoms with Crippen molar-refractivity contribution in [2.45, 2.75) is 0 Å². The van der Waals surface area contributed by atoms with Crippen LogP contribution in [0, 0.1) is 17.1 Å². The Morgan fingerprint density at radius 3 is 2.68 bits per heavy atom. The van der Waals surface area contributed by atoms with Crippen molar-refractivity contribution in [1.29, 1.82) is 5.26 Å². The van der Waals surface area contributed by atoms with Crippen LogP contribution in [0.4, 0.5) is 10.1 Å². The summed E-state index contributed by atoms with van der Waals surface area (Å²) in [5.74, 6) is -0.147. The lowest BCUT2D eigenvalue weighted by Gasteiger charge is -2.07. The zero-order valence-corrected chi connectivity index (χ0v) is 12.9. The van der Waals surface area contributed by atoms with E-state index in [1.165, 1.54) is 30.5 Å². The summed E-state index contributed by atoms with van der Waals surface area (Å²) in [5, 5.41) is 11.6. The first-order valence-corrected chi connectivity index (χ1v) is 7.35. The van der Waals surface area contributed by atoms with Crippen LogP contribution in [0.3, 0.4) is 0 Å². The molecular weight excluding hydrogens is 321 g/mol. The molecule has 0 aliphatic rings. The minimum absolute atomic E-state index is 0.273. The molecule has 2 aromatic carbocycles. The van der Waals surface area contributed by atoms with E-state index in [-0.39, 0.29) is 11.8 Å². The fraction of sp³-hybridized carbons (Fsp3) is 0. The van der Waals surface area contributed by atoms with Gasteiger partial charge >= 0.3 is 0 Å². The smallest absolute Gasteiger partial charge is 0.255 e. The van der Waals surface area contributed by atoms with E-state index < -0.39 is 5.82 Å². The largest absolute Gasteiger partial charge is 0.439 e. The number of anilines is 1. The summed E-state index contributed by atoms with van der Waals surface area (Å²) in [5.41, 5.74) is 1.25. The number of aromatic nitrogens is 1. The number of hydrogen-bond donors (Lipinski definition) is 1. The van der Waals surface area contributed by atoms with Crippen LogP contribution in [0.15, 0.2) is 66.9 Å². The van der Waals surface area contributed by atoms with Crippen LogP contribution >= 0.6 is 0 Å². The highest BCUT2D eigenvalue weighted by Crippen LogP contribution is 2.21. The third-order valence-corrected chi connectivity index (χ3v) is 3.27. The molecule has 0 saturated carbocycles. The van der Waals surface area contributed by atoms with Gasteiger partial charge in [0.15, 0.2) is 0 Å². The Labute approximate surface area is 143 Å². The second-order valence-corrected chi connectivity index (χ2v) is 5.09. The van der Waals surface area contributed by atoms with Crippen LogP contribution in [0.2, 0.25) is 0 Å². The lowest BCUT2D eigenvalue weighted by Crippen LogP contribution is -2.12. The Hall–Kier alpha value is -3.72. The fourth-order valence-electron chi connectivity index (χ4n) is 2.10. The molecule has 3 rings (SSSR count). The zero-order valence-electron chi connectivity index (χ0n) is 12.9. The lowest BCUT2D eigenvalue weighted by molar-refractivity contribution is 0.102. The molecule has 0 radical (unpaired) electrons. The summed E-state index contributed by atoms with van der Waals surface area (Å²) >= 11 is 0. The first-order valence-electron chi connectivity index (χ1n) is 7.35. The normalized spacial score (nSPS) is 9.92. The van der Waals surface area contributed by atoms with E-state index in [1.54, 1.807) is 36.4 Å². The van der Waals surface area contributed by atoms with E-state index >= 15 is 0 Å². The van der Waals surface area contributed by atoms with Gasteiger partial charge < -0.3 is 10.1 Å². The van der Waals surface area contributed by atoms with Crippen LogP contribution in [0.1, 0.15) is 15.9 Å². The van der Waals surface area contributed by atoms with E-state index in [0.29, 0.717) is 22.6 Å². The summed E-state index contributed by atoms with van der Waals surface area (Å²) in [6.45, 7) is 0. The Bertz CT molecular complexity index is 949. The average Bonchev–Trinajstić information content (AvgIpc) is 2.63. The molecule has 0 spiro atoms. The maximum Gasteiger partial charge on any atom is 0.255 e. The number of pyridine rings is 1. The quantitative estimate of drug-likeness (QED) is 0.779. The molecule has 0 fully saturated rings. The summed E-state index contributed by atoms with van der Waals surface area (Å²) in [6, 6.07) is 17.3. The van der Waals surface area contributed by atoms with Crippen molar-refractivity contribution in [3.05, 3.63) is 83.8 Å². The molecule has 1 amide bonds. The highest BCUT2D eigenvalue weighted by molar-refractivity contribution is 6.04. The molecule has 0 unspecified atom stereocenters. The van der Waals surface area contributed by atoms with Gasteiger partial charge in [-0.3, -0.25) is 4.79 Å². The van der Waals surface area contributed by atoms with E-state index in [4.69, 9.17) is 10.00 Å². The molecule has 5 nitrogen and oxygen atoms in total. The molecule has 3 aromatic rings. The van der Waals surface area contributed by atoms with Crippen molar-refractivity contribution in [2.24, 2.45) is 0 Å². The predicted molar refractivity (Wildman–Crippen MR) is 89.8 cm³/mol. The Balaban J connectivity index is 1.68. The Morgan fingerprint density at radius 2 is 1.96 bits per heavy atom. The minimum atomic E-state index is -0.402. The number of ether oxygens (including phenoxy) is 1. The van der Waals surface area contributed by atoms with E-state index in [9.17, 15) is 9.18 Å². The summed E-state index contributed by atoms with van der Waals surface area (Å²) < 4.78 is 18.6. The first kappa shape index (κ1) is 16.1. The maximum atomic E-state index is 13.1. The van der Waals surface area contributed by atoms with Gasteiger partial charge in [0, 0.05) is 17.7 Å². The summed E-state index contributed by atoms with van der Waals surface area (Å²) in [6.07, 6.45) is 1.43. The van der Waals surface area contributed by atoms with Gasteiger partial charge in [0.1, 0.15) is 11.6 Å². The van der Waals surface area contributed by atoms with Gasteiger partial charge in [-0.05, 0) is 36.4 Å². The average molecular weight is 333 g/mol. The fourth-order valence-corrected chi connectivity index (χ4v) is 2.10. The molecule has 1 aromatic heterocycles. The Morgan fingerprint density at radius 1 is 1.12 bits per heavy atom. The van der Waals surface area contributed by atoms with Crippen molar-refractivity contribution in [1.82, 2.24) is 4.98 Å². The minimum Gasteiger partial charge on any atom is -0.439 e. The number of benzene rings is 2. The molecule has 0 bridgehead atoms. The van der Waals surface area contributed by atoms with Crippen molar-refractivity contribution in [3.63, 3.8) is 0 Å². The number of amides is 1. The van der Waals surface area contributed by atoms with Crippen LogP contribution in [-0.4, -0.2) is 10.9 Å². The van der Waals surface area contributed by atoms with Gasteiger partial charge in [0.2, 0.25) is 5.88 Å². The second-order valence-electron chi connectivity index (χ2n) is 5.09. The van der Waals surface area contributed by atoms with Crippen molar-refractivity contribution in [3.8, 4) is 17.7 Å². The molecule has 1 heterocycles. The third kappa shape index (κ3) is 4.18. The highest BCUT2D eigenvalue weighted by Gasteiger charge is 2.08. The molecule has 6 heteroatoms. The van der Waals surface area contributed by atoms with Crippen LogP contribution < -0.4 is 10.1 Å². The lowest BCUT2D eigenvalue weighted by atomic mass is 10.1. The molecule has 0 aliphatic heterocycles. The highest BCUT2D eigenvalue weighted by atomic mass is 19.1. The molecule has 25 heavy (non-hydrogen) atoms. The first-order chi connectivity index (χ1) is 12.1. The van der Waals surface area contributed by atoms with Gasteiger partial charge in [-0.2, -0.15) is 5.26 Å². The molecule has 0 saturated heterocycles. The monoisotopic (exact) mass is 333 g/mol. The van der Waals surface area contributed by atoms with Gasteiger partial charge in [-0.1, -0.05) is 12.1 Å². The van der Waals surface area contributed by atoms with Crippen LogP contribution in [-0.2, 0) is 0 Å². The topological polar surface area (TPSA) is 75.0 Å². The molecule has 0 aliphatic carbocycles. The molecule has 0 atom stereocenters. The standard InChI is InChI=1S/C19H12FN3O2/c20-15-5-2-6-17(10-15)25-18-8-7-16(12-22-18)23-19(24)14-4-1-3-13(9-14)11-21/h1-10,12H,(H,23,24). The summed E-state index contributed by atoms with van der Waals surface area (Å²) in [4.78, 5) is 16.2. The molecular formula is C19H12FN3O2. The van der Waals surface area contributed by atoms with Crippen LogP contribution in [0.25, 0.3) is 0 Å². The maximum absolute atomic E-state index is 13.1. The second kappa shape index (κ2) is 7.23. The van der Waals surface area contributed by atoms with Gasteiger partial charge in [0.05, 0.1) is 23.5 Å². The third-order valence-electron chi connectivity index (χ3n) is 3.27. The Kier molecular flexibility index (Phi) is 4.67. The van der Waals surface area contributed by atoms with Crippen LogP contribution in [0.5, 0.6) is 11.6 Å². The number of halogens is 1. The number of nitrogens with zero attached hydrogens (tertiary/aromatic N) is 2. The van der Waals surface area contributed by atoms with Gasteiger partial charge in [0.25, 0.3) is 5.91 Å². The van der Waals surface area contributed by atoms with E-state index in [0.717, 1.165) is 0 Å². The number of hydrogen-bond acceptors (Lipinski definition) is 4. The summed E-state index contributed by atoms with van der Waals surface area (Å²) in [7, 11) is 0. The number of carbonyl (C=O) groups excluding carboxylic acids is 1. The molecule has 1 N–H and O–H groups in total. The number of nitrogens with one attached hydrogen (secondary N) is 1. The number of carbonyl (C=O) groups is 1. The van der Waals surface area contributed by atoms with Crippen molar-refractivity contribution >= 4 is 11.6 Å². The van der Waals surface area contributed by atoms with Gasteiger partial charge in [-0.25, -0.2) is 9.37 Å². The number of rotatable bonds is 4. The van der Waals surface area contributed by atoms with E-state index in [1.807, 2.05) is 6.07 Å². The zero-order chi connectivity index (χ0) is 17.6. The van der Waals surface area contributed by atoms with E-state index in [2.05, 4.69) is 10.3 Å². The SMILES string of the molecule is N#Cc1cccc(C(=O)Nc2ccc(Oc3cccc(F)c3)nc2)c1. The predicted octanol–water partition coefficient (Wildman–Crippen LogP) is 4.14.